The van der Waals surface area contributed by atoms with E-state index in [9.17, 15) is 8.42 Å². The van der Waals surface area contributed by atoms with Crippen LogP contribution in [-0.2, 0) is 23.0 Å². The Labute approximate surface area is 148 Å². The van der Waals surface area contributed by atoms with Gasteiger partial charge in [0.2, 0.25) is 0 Å². The number of benzene rings is 3. The summed E-state index contributed by atoms with van der Waals surface area (Å²) in [5.41, 5.74) is 8.42. The van der Waals surface area contributed by atoms with Crippen molar-refractivity contribution in [1.29, 1.82) is 0 Å². The maximum Gasteiger partial charge on any atom is 0.339 e. The lowest BCUT2D eigenvalue weighted by atomic mass is 10.0. The summed E-state index contributed by atoms with van der Waals surface area (Å²) in [5.74, 6) is 0.202. The van der Waals surface area contributed by atoms with Gasteiger partial charge in [0.1, 0.15) is 10.6 Å². The summed E-state index contributed by atoms with van der Waals surface area (Å²) in [6.45, 7) is 0. The maximum absolute atomic E-state index is 12.3. The van der Waals surface area contributed by atoms with E-state index in [1.165, 1.54) is 11.6 Å². The minimum atomic E-state index is -3.87. The van der Waals surface area contributed by atoms with E-state index in [1.807, 2.05) is 30.3 Å². The zero-order valence-corrected chi connectivity index (χ0v) is 14.4. The third-order valence-electron chi connectivity index (χ3n) is 3.82. The van der Waals surface area contributed by atoms with Crippen LogP contribution >= 0.6 is 0 Å². The summed E-state index contributed by atoms with van der Waals surface area (Å²) in [7, 11) is -3.87. The van der Waals surface area contributed by atoms with Crippen LogP contribution in [0.4, 0.5) is 5.69 Å². The van der Waals surface area contributed by atoms with Crippen LogP contribution in [0.2, 0.25) is 0 Å². The van der Waals surface area contributed by atoms with Crippen molar-refractivity contribution in [1.82, 2.24) is 0 Å². The highest BCUT2D eigenvalue weighted by Gasteiger charge is 2.16. The van der Waals surface area contributed by atoms with Crippen molar-refractivity contribution in [2.75, 3.05) is 5.73 Å². The molecule has 4 nitrogen and oxygen atoms in total. The number of anilines is 1. The van der Waals surface area contributed by atoms with Gasteiger partial charge in [0.15, 0.2) is 0 Å². The molecule has 128 valence electrons. The van der Waals surface area contributed by atoms with E-state index in [-0.39, 0.29) is 10.6 Å². The third-order valence-corrected chi connectivity index (χ3v) is 5.08. The molecule has 0 saturated heterocycles. The molecule has 25 heavy (non-hydrogen) atoms. The van der Waals surface area contributed by atoms with Crippen LogP contribution in [0.3, 0.4) is 0 Å². The van der Waals surface area contributed by atoms with Crippen LogP contribution in [-0.4, -0.2) is 8.42 Å². The van der Waals surface area contributed by atoms with E-state index < -0.39 is 10.1 Å². The SMILES string of the molecule is Nc1cccc(OS(=O)(=O)c2ccc(CCc3ccccc3)cc2)c1. The maximum atomic E-state index is 12.3. The van der Waals surface area contributed by atoms with Crippen molar-refractivity contribution in [3.8, 4) is 5.75 Å². The predicted molar refractivity (Wildman–Crippen MR) is 99.0 cm³/mol. The molecule has 3 aromatic rings. The molecule has 0 unspecified atom stereocenters. The summed E-state index contributed by atoms with van der Waals surface area (Å²) in [4.78, 5) is 0.124. The van der Waals surface area contributed by atoms with Crippen molar-refractivity contribution in [2.45, 2.75) is 17.7 Å². The number of hydrogen-bond donors (Lipinski definition) is 1. The zero-order valence-electron chi connectivity index (χ0n) is 13.6. The number of hydrogen-bond acceptors (Lipinski definition) is 4. The lowest BCUT2D eigenvalue weighted by Crippen LogP contribution is -2.10. The average Bonchev–Trinajstić information content (AvgIpc) is 2.61. The summed E-state index contributed by atoms with van der Waals surface area (Å²) >= 11 is 0. The van der Waals surface area contributed by atoms with E-state index in [0.717, 1.165) is 18.4 Å². The fourth-order valence-corrected chi connectivity index (χ4v) is 3.42. The Morgan fingerprint density at radius 3 is 2.04 bits per heavy atom. The van der Waals surface area contributed by atoms with Crippen LogP contribution < -0.4 is 9.92 Å². The quantitative estimate of drug-likeness (QED) is 0.540. The van der Waals surface area contributed by atoms with Crippen LogP contribution in [0.15, 0.2) is 83.8 Å². The summed E-state index contributed by atoms with van der Waals surface area (Å²) < 4.78 is 29.8. The van der Waals surface area contributed by atoms with Crippen molar-refractivity contribution in [3.63, 3.8) is 0 Å². The van der Waals surface area contributed by atoms with Crippen molar-refractivity contribution >= 4 is 15.8 Å². The van der Waals surface area contributed by atoms with Gasteiger partial charge in [-0.15, -0.1) is 0 Å². The second kappa shape index (κ2) is 7.40. The number of nitrogens with two attached hydrogens (primary N) is 1. The van der Waals surface area contributed by atoms with E-state index in [0.29, 0.717) is 5.69 Å². The highest BCUT2D eigenvalue weighted by atomic mass is 32.2. The zero-order chi connectivity index (χ0) is 17.7. The Hall–Kier alpha value is -2.79. The Morgan fingerprint density at radius 2 is 1.40 bits per heavy atom. The first-order chi connectivity index (χ1) is 12.0. The van der Waals surface area contributed by atoms with Gasteiger partial charge < -0.3 is 9.92 Å². The van der Waals surface area contributed by atoms with E-state index in [2.05, 4.69) is 12.1 Å². The Balaban J connectivity index is 1.68. The summed E-state index contributed by atoms with van der Waals surface area (Å²) in [6, 6.07) is 23.3. The molecule has 0 fully saturated rings. The minimum Gasteiger partial charge on any atom is -0.399 e. The molecule has 0 radical (unpaired) electrons. The first-order valence-electron chi connectivity index (χ1n) is 7.96. The number of rotatable bonds is 6. The van der Waals surface area contributed by atoms with E-state index >= 15 is 0 Å². The first-order valence-corrected chi connectivity index (χ1v) is 9.37. The fraction of sp³-hybridized carbons (Fsp3) is 0.100. The molecule has 3 rings (SSSR count). The Bertz CT molecular complexity index is 936. The molecule has 0 aliphatic carbocycles. The van der Waals surface area contributed by atoms with Crippen LogP contribution in [0.25, 0.3) is 0 Å². The first kappa shape index (κ1) is 17.0. The summed E-state index contributed by atoms with van der Waals surface area (Å²) in [5, 5.41) is 0. The second-order valence-electron chi connectivity index (χ2n) is 5.74. The van der Waals surface area contributed by atoms with E-state index in [1.54, 1.807) is 30.3 Å². The molecule has 0 heterocycles. The topological polar surface area (TPSA) is 69.4 Å². The van der Waals surface area contributed by atoms with Crippen molar-refractivity contribution in [2.24, 2.45) is 0 Å². The van der Waals surface area contributed by atoms with Gasteiger partial charge in [-0.2, -0.15) is 8.42 Å². The van der Waals surface area contributed by atoms with Crippen LogP contribution in [0.5, 0.6) is 5.75 Å². The van der Waals surface area contributed by atoms with Gasteiger partial charge in [-0.25, -0.2) is 0 Å². The fourth-order valence-electron chi connectivity index (χ4n) is 2.50. The molecule has 0 aliphatic rings. The van der Waals surface area contributed by atoms with Gasteiger partial charge >= 0.3 is 10.1 Å². The monoisotopic (exact) mass is 353 g/mol. The molecular formula is C20H19NO3S. The highest BCUT2D eigenvalue weighted by molar-refractivity contribution is 7.87. The summed E-state index contributed by atoms with van der Waals surface area (Å²) in [6.07, 6.45) is 1.76. The molecule has 0 atom stereocenters. The van der Waals surface area contributed by atoms with Gasteiger partial charge in [-0.05, 0) is 48.2 Å². The smallest absolute Gasteiger partial charge is 0.339 e. The minimum absolute atomic E-state index is 0.124. The molecule has 0 saturated carbocycles. The normalized spacial score (nSPS) is 11.2. The van der Waals surface area contributed by atoms with Gasteiger partial charge in [0.05, 0.1) is 0 Å². The Kier molecular flexibility index (Phi) is 5.05. The molecule has 5 heteroatoms. The highest BCUT2D eigenvalue weighted by Crippen LogP contribution is 2.21. The molecule has 0 amide bonds. The Morgan fingerprint density at radius 1 is 0.760 bits per heavy atom. The van der Waals surface area contributed by atoms with Gasteiger partial charge in [0.25, 0.3) is 0 Å². The average molecular weight is 353 g/mol. The molecule has 2 N–H and O–H groups in total. The largest absolute Gasteiger partial charge is 0.399 e. The molecular weight excluding hydrogens is 334 g/mol. The van der Waals surface area contributed by atoms with Crippen LogP contribution in [0, 0.1) is 0 Å². The van der Waals surface area contributed by atoms with Crippen LogP contribution in [0.1, 0.15) is 11.1 Å². The molecule has 0 aliphatic heterocycles. The number of aryl methyl sites for hydroxylation is 2. The molecule has 0 bridgehead atoms. The number of nitrogen functional groups attached to an aromatic ring is 1. The lowest BCUT2D eigenvalue weighted by molar-refractivity contribution is 0.486. The second-order valence-corrected chi connectivity index (χ2v) is 7.29. The third kappa shape index (κ3) is 4.61. The van der Waals surface area contributed by atoms with Crippen molar-refractivity contribution in [3.05, 3.63) is 90.0 Å². The predicted octanol–water partition coefficient (Wildman–Crippen LogP) is 3.82. The van der Waals surface area contributed by atoms with Gasteiger partial charge in [0, 0.05) is 11.8 Å². The van der Waals surface area contributed by atoms with E-state index in [4.69, 9.17) is 9.92 Å². The molecule has 3 aromatic carbocycles. The van der Waals surface area contributed by atoms with Gasteiger partial charge in [-0.3, -0.25) is 0 Å². The molecule has 0 aromatic heterocycles. The van der Waals surface area contributed by atoms with Crippen molar-refractivity contribution < 1.29 is 12.6 Å². The standard InChI is InChI=1S/C20H19NO3S/c21-18-7-4-8-19(15-18)24-25(22,23)20-13-11-17(12-14-20)10-9-16-5-2-1-3-6-16/h1-8,11-15H,9-10,21H2. The molecule has 0 spiro atoms. The van der Waals surface area contributed by atoms with Gasteiger partial charge in [-0.1, -0.05) is 48.5 Å². The lowest BCUT2D eigenvalue weighted by Gasteiger charge is -2.08.